The van der Waals surface area contributed by atoms with Crippen molar-refractivity contribution >= 4 is 16.7 Å². The fourth-order valence-electron chi connectivity index (χ4n) is 2.97. The van der Waals surface area contributed by atoms with E-state index in [1.165, 1.54) is 5.56 Å². The molecule has 2 unspecified atom stereocenters. The molecule has 0 saturated carbocycles. The molecule has 3 heteroatoms. The third-order valence-electron chi connectivity index (χ3n) is 4.12. The minimum absolute atomic E-state index is 0.00639. The maximum Gasteiger partial charge on any atom is 0.170 e. The highest BCUT2D eigenvalue weighted by molar-refractivity contribution is 6.09. The molecule has 0 amide bonds. The van der Waals surface area contributed by atoms with Crippen LogP contribution in [0.2, 0.25) is 0 Å². The monoisotopic (exact) mass is 257 g/mol. The lowest BCUT2D eigenvalue weighted by molar-refractivity contribution is 0.0765. The lowest BCUT2D eigenvalue weighted by atomic mass is 9.92. The van der Waals surface area contributed by atoms with Crippen LogP contribution >= 0.6 is 0 Å². The second-order valence-electron chi connectivity index (χ2n) is 5.51. The van der Waals surface area contributed by atoms with Crippen LogP contribution in [0.25, 0.3) is 10.9 Å². The Kier molecular flexibility index (Phi) is 2.94. The quantitative estimate of drug-likeness (QED) is 0.774. The first kappa shape index (κ1) is 12.4. The molecule has 2 heterocycles. The van der Waals surface area contributed by atoms with Crippen molar-refractivity contribution in [1.29, 1.82) is 0 Å². The molecule has 3 rings (SSSR count). The zero-order valence-corrected chi connectivity index (χ0v) is 11.6. The Hall–Kier alpha value is -1.61. The number of carbonyl (C=O) groups is 1. The number of aromatic nitrogens is 1. The van der Waals surface area contributed by atoms with Crippen LogP contribution in [0.1, 0.15) is 29.3 Å². The van der Waals surface area contributed by atoms with E-state index in [-0.39, 0.29) is 17.8 Å². The summed E-state index contributed by atoms with van der Waals surface area (Å²) in [5, 5.41) is 1.05. The first-order valence-electron chi connectivity index (χ1n) is 6.79. The van der Waals surface area contributed by atoms with E-state index in [1.54, 1.807) is 0 Å². The number of nitrogens with zero attached hydrogens (tertiary/aromatic N) is 1. The number of hydrogen-bond acceptors (Lipinski definition) is 2. The van der Waals surface area contributed by atoms with Crippen molar-refractivity contribution in [2.24, 2.45) is 13.0 Å². The van der Waals surface area contributed by atoms with Crippen molar-refractivity contribution in [3.8, 4) is 0 Å². The van der Waals surface area contributed by atoms with E-state index < -0.39 is 0 Å². The second kappa shape index (κ2) is 4.49. The Morgan fingerprint density at radius 2 is 2.21 bits per heavy atom. The fraction of sp³-hybridized carbons (Fsp3) is 0.438. The summed E-state index contributed by atoms with van der Waals surface area (Å²) < 4.78 is 7.56. The van der Waals surface area contributed by atoms with E-state index in [9.17, 15) is 4.79 Å². The maximum absolute atomic E-state index is 12.7. The molecule has 0 bridgehead atoms. The van der Waals surface area contributed by atoms with E-state index in [4.69, 9.17) is 4.74 Å². The molecule has 0 radical (unpaired) electrons. The number of ether oxygens (including phenoxy) is 1. The molecule has 100 valence electrons. The third kappa shape index (κ3) is 1.98. The minimum atomic E-state index is 0.00639. The van der Waals surface area contributed by atoms with Crippen LogP contribution in [0.3, 0.4) is 0 Å². The van der Waals surface area contributed by atoms with Crippen LogP contribution in [0.15, 0.2) is 24.4 Å². The Morgan fingerprint density at radius 1 is 1.42 bits per heavy atom. The van der Waals surface area contributed by atoms with Crippen LogP contribution in [0.4, 0.5) is 0 Å². The normalized spacial score (nSPS) is 23.1. The average Bonchev–Trinajstić information content (AvgIpc) is 2.94. The second-order valence-corrected chi connectivity index (χ2v) is 5.51. The third-order valence-corrected chi connectivity index (χ3v) is 4.12. The fourth-order valence-corrected chi connectivity index (χ4v) is 2.97. The summed E-state index contributed by atoms with van der Waals surface area (Å²) in [6, 6.07) is 6.24. The zero-order valence-electron chi connectivity index (χ0n) is 11.6. The Labute approximate surface area is 113 Å². The van der Waals surface area contributed by atoms with Gasteiger partial charge in [-0.2, -0.15) is 0 Å². The molecule has 1 fully saturated rings. The highest BCUT2D eigenvalue weighted by atomic mass is 16.5. The van der Waals surface area contributed by atoms with Gasteiger partial charge in [-0.25, -0.2) is 0 Å². The van der Waals surface area contributed by atoms with E-state index >= 15 is 0 Å². The standard InChI is InChI=1S/C16H19NO2/c1-10-4-5-13-14(9-17(3)15(13)8-10)16(18)12-6-7-19-11(12)2/h4-5,8-9,11-12H,6-7H2,1-3H3. The van der Waals surface area contributed by atoms with Crippen molar-refractivity contribution in [3.63, 3.8) is 0 Å². The molecule has 1 aromatic carbocycles. The van der Waals surface area contributed by atoms with Gasteiger partial charge in [-0.05, 0) is 31.9 Å². The van der Waals surface area contributed by atoms with Gasteiger partial charge in [-0.3, -0.25) is 4.79 Å². The first-order chi connectivity index (χ1) is 9.08. The summed E-state index contributed by atoms with van der Waals surface area (Å²) in [5.41, 5.74) is 3.17. The number of rotatable bonds is 2. The molecule has 1 aliphatic heterocycles. The summed E-state index contributed by atoms with van der Waals surface area (Å²) in [6.07, 6.45) is 2.83. The van der Waals surface area contributed by atoms with Gasteiger partial charge in [0.15, 0.2) is 5.78 Å². The van der Waals surface area contributed by atoms with Crippen molar-refractivity contribution in [1.82, 2.24) is 4.57 Å². The van der Waals surface area contributed by atoms with Crippen LogP contribution in [-0.4, -0.2) is 23.1 Å². The van der Waals surface area contributed by atoms with Crippen molar-refractivity contribution in [2.75, 3.05) is 6.61 Å². The van der Waals surface area contributed by atoms with Crippen LogP contribution in [0, 0.1) is 12.8 Å². The maximum atomic E-state index is 12.7. The molecule has 2 aromatic rings. The van der Waals surface area contributed by atoms with Crippen LogP contribution < -0.4 is 0 Å². The topological polar surface area (TPSA) is 31.2 Å². The van der Waals surface area contributed by atoms with Gasteiger partial charge < -0.3 is 9.30 Å². The molecule has 19 heavy (non-hydrogen) atoms. The molecule has 0 N–H and O–H groups in total. The van der Waals surface area contributed by atoms with Crippen molar-refractivity contribution in [2.45, 2.75) is 26.4 Å². The predicted octanol–water partition coefficient (Wildman–Crippen LogP) is 3.09. The van der Waals surface area contributed by atoms with E-state index in [0.717, 1.165) is 22.9 Å². The van der Waals surface area contributed by atoms with Gasteiger partial charge in [0.1, 0.15) is 0 Å². The smallest absolute Gasteiger partial charge is 0.170 e. The number of aryl methyl sites for hydroxylation is 2. The van der Waals surface area contributed by atoms with Gasteiger partial charge >= 0.3 is 0 Å². The molecule has 2 atom stereocenters. The lowest BCUT2D eigenvalue weighted by Crippen LogP contribution is -2.21. The molecule has 0 spiro atoms. The van der Waals surface area contributed by atoms with Gasteiger partial charge in [0.2, 0.25) is 0 Å². The number of ketones is 1. The van der Waals surface area contributed by atoms with Crippen LogP contribution in [-0.2, 0) is 11.8 Å². The SMILES string of the molecule is Cc1ccc2c(C(=O)C3CCOC3C)cn(C)c2c1. The highest BCUT2D eigenvalue weighted by Gasteiger charge is 2.32. The Balaban J connectivity index is 2.08. The summed E-state index contributed by atoms with van der Waals surface area (Å²) in [5.74, 6) is 0.228. The first-order valence-corrected chi connectivity index (χ1v) is 6.79. The van der Waals surface area contributed by atoms with E-state index in [2.05, 4.69) is 25.1 Å². The Morgan fingerprint density at radius 3 is 2.89 bits per heavy atom. The molecule has 1 saturated heterocycles. The van der Waals surface area contributed by atoms with Crippen molar-refractivity contribution in [3.05, 3.63) is 35.5 Å². The molecule has 1 aliphatic rings. The van der Waals surface area contributed by atoms with Crippen LogP contribution in [0.5, 0.6) is 0 Å². The molecular weight excluding hydrogens is 238 g/mol. The van der Waals surface area contributed by atoms with E-state index in [0.29, 0.717) is 6.61 Å². The predicted molar refractivity (Wildman–Crippen MR) is 75.5 cm³/mol. The van der Waals surface area contributed by atoms with E-state index in [1.807, 2.05) is 24.7 Å². The number of fused-ring (bicyclic) bond motifs is 1. The summed E-state index contributed by atoms with van der Waals surface area (Å²) in [7, 11) is 1.99. The number of carbonyl (C=O) groups excluding carboxylic acids is 1. The number of benzene rings is 1. The summed E-state index contributed by atoms with van der Waals surface area (Å²) >= 11 is 0. The molecule has 0 aliphatic carbocycles. The average molecular weight is 257 g/mol. The number of hydrogen-bond donors (Lipinski definition) is 0. The zero-order chi connectivity index (χ0) is 13.6. The molecule has 1 aromatic heterocycles. The largest absolute Gasteiger partial charge is 0.378 e. The summed E-state index contributed by atoms with van der Waals surface area (Å²) in [4.78, 5) is 12.7. The Bertz CT molecular complexity index is 641. The molecular formula is C16H19NO2. The number of Topliss-reactive ketones (excluding diaryl/α,β-unsaturated/α-hetero) is 1. The van der Waals surface area contributed by atoms with Gasteiger partial charge in [0, 0.05) is 36.3 Å². The van der Waals surface area contributed by atoms with Gasteiger partial charge in [-0.15, -0.1) is 0 Å². The van der Waals surface area contributed by atoms with Gasteiger partial charge in [-0.1, -0.05) is 12.1 Å². The highest BCUT2D eigenvalue weighted by Crippen LogP contribution is 2.29. The lowest BCUT2D eigenvalue weighted by Gasteiger charge is -2.11. The molecule has 3 nitrogen and oxygen atoms in total. The summed E-state index contributed by atoms with van der Waals surface area (Å²) in [6.45, 7) is 4.76. The van der Waals surface area contributed by atoms with Gasteiger partial charge in [0.25, 0.3) is 0 Å². The minimum Gasteiger partial charge on any atom is -0.378 e. The van der Waals surface area contributed by atoms with Crippen molar-refractivity contribution < 1.29 is 9.53 Å². The van der Waals surface area contributed by atoms with Gasteiger partial charge in [0.05, 0.1) is 12.0 Å².